The molecular formula is C19H15Br2N3O6. The minimum Gasteiger partial charge on any atom is -0.468 e. The number of anilines is 1. The van der Waals surface area contributed by atoms with Crippen molar-refractivity contribution in [1.82, 2.24) is 0 Å². The number of methoxy groups -OCH3 is 2. The van der Waals surface area contributed by atoms with E-state index in [2.05, 4.69) is 37.0 Å². The van der Waals surface area contributed by atoms with E-state index >= 15 is 0 Å². The smallest absolute Gasteiger partial charge is 0.332 e. The Morgan fingerprint density at radius 1 is 1.07 bits per heavy atom. The molecule has 2 aromatic carbocycles. The lowest BCUT2D eigenvalue weighted by Crippen LogP contribution is -2.45. The van der Waals surface area contributed by atoms with Gasteiger partial charge in [0.05, 0.1) is 30.5 Å². The van der Waals surface area contributed by atoms with Gasteiger partial charge >= 0.3 is 11.9 Å². The second-order valence-corrected chi connectivity index (χ2v) is 7.97. The quantitative estimate of drug-likeness (QED) is 0.323. The number of nitro benzene ring substituents is 1. The summed E-state index contributed by atoms with van der Waals surface area (Å²) in [6.45, 7) is 0. The van der Waals surface area contributed by atoms with Gasteiger partial charge in [0.1, 0.15) is 5.92 Å². The van der Waals surface area contributed by atoms with Crippen LogP contribution in [0.3, 0.4) is 0 Å². The first-order chi connectivity index (χ1) is 14.3. The molecule has 0 bridgehead atoms. The zero-order chi connectivity index (χ0) is 22.0. The number of rotatable bonds is 5. The summed E-state index contributed by atoms with van der Waals surface area (Å²) in [5.74, 6) is -2.46. The molecule has 0 saturated carbocycles. The molecule has 0 fully saturated rings. The van der Waals surface area contributed by atoms with Crippen LogP contribution in [0.15, 0.2) is 56.5 Å². The third-order valence-corrected chi connectivity index (χ3v) is 5.65. The number of esters is 2. The second kappa shape index (κ2) is 8.92. The number of hydrogen-bond donors (Lipinski definition) is 0. The van der Waals surface area contributed by atoms with Crippen LogP contribution in [0.25, 0.3) is 0 Å². The lowest BCUT2D eigenvalue weighted by molar-refractivity contribution is -0.384. The number of carbonyl (C=O) groups excluding carboxylic acids is 2. The standard InChI is InChI=1S/C19H15Br2N3O6/c1-29-18(25)15-16(10-3-6-12(7-4-10)24(27)28)22-23(17(15)19(26)30-2)14-8-5-11(20)9-13(14)21/h3-9,15,17H,1-2H3. The van der Waals surface area contributed by atoms with E-state index < -0.39 is 28.8 Å². The highest BCUT2D eigenvalue weighted by molar-refractivity contribution is 9.11. The first-order valence-electron chi connectivity index (χ1n) is 8.51. The van der Waals surface area contributed by atoms with Crippen molar-refractivity contribution in [1.29, 1.82) is 0 Å². The highest BCUT2D eigenvalue weighted by atomic mass is 79.9. The molecule has 11 heteroatoms. The van der Waals surface area contributed by atoms with Crippen molar-refractivity contribution in [2.45, 2.75) is 6.04 Å². The lowest BCUT2D eigenvalue weighted by atomic mass is 9.90. The first-order valence-corrected chi connectivity index (χ1v) is 10.1. The SMILES string of the molecule is COC(=O)C1C(c2ccc([N+](=O)[O-])cc2)=NN(c2ccc(Br)cc2Br)C1C(=O)OC. The van der Waals surface area contributed by atoms with E-state index in [9.17, 15) is 19.7 Å². The van der Waals surface area contributed by atoms with Crippen LogP contribution < -0.4 is 5.01 Å². The normalized spacial score (nSPS) is 18.0. The molecule has 2 unspecified atom stereocenters. The molecule has 0 amide bonds. The first kappa shape index (κ1) is 21.9. The Labute approximate surface area is 188 Å². The van der Waals surface area contributed by atoms with Crippen molar-refractivity contribution in [3.05, 3.63) is 67.1 Å². The molecule has 2 aromatic rings. The molecule has 0 spiro atoms. The van der Waals surface area contributed by atoms with Crippen molar-refractivity contribution < 1.29 is 24.0 Å². The van der Waals surface area contributed by atoms with E-state index in [0.717, 1.165) is 4.47 Å². The van der Waals surface area contributed by atoms with Crippen LogP contribution >= 0.6 is 31.9 Å². The molecule has 3 rings (SSSR count). The maximum atomic E-state index is 12.7. The Morgan fingerprint density at radius 2 is 1.70 bits per heavy atom. The van der Waals surface area contributed by atoms with Gasteiger partial charge in [0.2, 0.25) is 0 Å². The summed E-state index contributed by atoms with van der Waals surface area (Å²) < 4.78 is 11.3. The van der Waals surface area contributed by atoms with E-state index in [1.165, 1.54) is 43.5 Å². The number of hydrazone groups is 1. The van der Waals surface area contributed by atoms with Crippen LogP contribution in [0.4, 0.5) is 11.4 Å². The average Bonchev–Trinajstić information content (AvgIpc) is 3.12. The van der Waals surface area contributed by atoms with Crippen molar-refractivity contribution in [2.75, 3.05) is 19.2 Å². The Hall–Kier alpha value is -2.79. The highest BCUT2D eigenvalue weighted by Crippen LogP contribution is 2.37. The van der Waals surface area contributed by atoms with E-state index in [-0.39, 0.29) is 11.4 Å². The number of non-ortho nitro benzene ring substituents is 1. The fourth-order valence-corrected chi connectivity index (χ4v) is 4.35. The van der Waals surface area contributed by atoms with E-state index in [0.29, 0.717) is 15.7 Å². The maximum absolute atomic E-state index is 12.7. The van der Waals surface area contributed by atoms with E-state index in [1.807, 2.05) is 0 Å². The number of halogens is 2. The predicted octanol–water partition coefficient (Wildman–Crippen LogP) is 3.67. The fourth-order valence-electron chi connectivity index (χ4n) is 3.12. The molecule has 0 radical (unpaired) electrons. The van der Waals surface area contributed by atoms with Gasteiger partial charge in [0.25, 0.3) is 5.69 Å². The van der Waals surface area contributed by atoms with E-state index in [4.69, 9.17) is 9.47 Å². The Balaban J connectivity index is 2.17. The number of ether oxygens (including phenoxy) is 2. The molecule has 0 aromatic heterocycles. The van der Waals surface area contributed by atoms with Gasteiger partial charge in [0.15, 0.2) is 6.04 Å². The molecule has 0 aliphatic carbocycles. The van der Waals surface area contributed by atoms with Gasteiger partial charge in [-0.1, -0.05) is 15.9 Å². The van der Waals surface area contributed by atoms with Crippen molar-refractivity contribution in [3.63, 3.8) is 0 Å². The van der Waals surface area contributed by atoms with Crippen LogP contribution in [0.1, 0.15) is 5.56 Å². The van der Waals surface area contributed by atoms with Gasteiger partial charge in [-0.25, -0.2) is 9.80 Å². The third kappa shape index (κ3) is 4.08. The minimum atomic E-state index is -1.12. The summed E-state index contributed by atoms with van der Waals surface area (Å²) >= 11 is 6.82. The van der Waals surface area contributed by atoms with Gasteiger partial charge in [-0.15, -0.1) is 0 Å². The largest absolute Gasteiger partial charge is 0.468 e. The average molecular weight is 541 g/mol. The molecule has 1 aliphatic heterocycles. The maximum Gasteiger partial charge on any atom is 0.332 e. The zero-order valence-electron chi connectivity index (χ0n) is 15.7. The lowest BCUT2D eigenvalue weighted by Gasteiger charge is -2.25. The van der Waals surface area contributed by atoms with Gasteiger partial charge in [-0.3, -0.25) is 14.9 Å². The zero-order valence-corrected chi connectivity index (χ0v) is 18.9. The van der Waals surface area contributed by atoms with Crippen LogP contribution in [0.5, 0.6) is 0 Å². The van der Waals surface area contributed by atoms with Crippen molar-refractivity contribution in [3.8, 4) is 0 Å². The van der Waals surface area contributed by atoms with E-state index in [1.54, 1.807) is 18.2 Å². The van der Waals surface area contributed by atoms with Gasteiger partial charge in [-0.05, 0) is 51.8 Å². The molecular weight excluding hydrogens is 526 g/mol. The van der Waals surface area contributed by atoms with Crippen LogP contribution in [-0.4, -0.2) is 42.8 Å². The Bertz CT molecular complexity index is 1040. The predicted molar refractivity (Wildman–Crippen MR) is 115 cm³/mol. The number of nitrogens with zero attached hydrogens (tertiary/aromatic N) is 3. The summed E-state index contributed by atoms with van der Waals surface area (Å²) in [7, 11) is 2.43. The highest BCUT2D eigenvalue weighted by Gasteiger charge is 2.49. The summed E-state index contributed by atoms with van der Waals surface area (Å²) in [5, 5.41) is 16.9. The molecule has 2 atom stereocenters. The Kier molecular flexibility index (Phi) is 6.52. The van der Waals surface area contributed by atoms with Crippen LogP contribution in [0, 0.1) is 16.0 Å². The fraction of sp³-hybridized carbons (Fsp3) is 0.211. The monoisotopic (exact) mass is 539 g/mol. The number of hydrogen-bond acceptors (Lipinski definition) is 8. The molecule has 30 heavy (non-hydrogen) atoms. The van der Waals surface area contributed by atoms with Gasteiger partial charge in [-0.2, -0.15) is 5.10 Å². The van der Waals surface area contributed by atoms with Crippen LogP contribution in [0.2, 0.25) is 0 Å². The van der Waals surface area contributed by atoms with Crippen molar-refractivity contribution >= 4 is 60.9 Å². The van der Waals surface area contributed by atoms with Gasteiger partial charge in [0, 0.05) is 21.1 Å². The summed E-state index contributed by atoms with van der Waals surface area (Å²) in [4.78, 5) is 35.8. The summed E-state index contributed by atoms with van der Waals surface area (Å²) in [5.41, 5.74) is 1.10. The van der Waals surface area contributed by atoms with Gasteiger partial charge < -0.3 is 9.47 Å². The number of benzene rings is 2. The molecule has 9 nitrogen and oxygen atoms in total. The molecule has 1 heterocycles. The van der Waals surface area contributed by atoms with Crippen LogP contribution in [-0.2, 0) is 19.1 Å². The summed E-state index contributed by atoms with van der Waals surface area (Å²) in [6.07, 6.45) is 0. The minimum absolute atomic E-state index is 0.107. The molecule has 0 N–H and O–H groups in total. The third-order valence-electron chi connectivity index (χ3n) is 4.52. The number of carbonyl (C=O) groups is 2. The van der Waals surface area contributed by atoms with Crippen molar-refractivity contribution in [2.24, 2.45) is 11.0 Å². The molecule has 0 saturated heterocycles. The Morgan fingerprint density at radius 3 is 2.23 bits per heavy atom. The number of nitro groups is 1. The molecule has 156 valence electrons. The molecule has 1 aliphatic rings. The summed E-state index contributed by atoms with van der Waals surface area (Å²) in [6, 6.07) is 9.69. The topological polar surface area (TPSA) is 111 Å². The second-order valence-electron chi connectivity index (χ2n) is 6.20.